The number of nitrogens with zero attached hydrogens (tertiary/aromatic N) is 1. The number of amides is 1. The fourth-order valence-electron chi connectivity index (χ4n) is 3.67. The first kappa shape index (κ1) is 20.5. The summed E-state index contributed by atoms with van der Waals surface area (Å²) in [6.45, 7) is 4.17. The summed E-state index contributed by atoms with van der Waals surface area (Å²) in [6, 6.07) is 23.0. The van der Waals surface area contributed by atoms with E-state index < -0.39 is 18.0 Å². The van der Waals surface area contributed by atoms with Crippen LogP contribution in [0.15, 0.2) is 72.8 Å². The number of carbonyl (C=O) groups excluding carboxylic acids is 2. The number of anilines is 1. The summed E-state index contributed by atoms with van der Waals surface area (Å²) in [7, 11) is 0. The second kappa shape index (κ2) is 8.92. The molecule has 6 heteroatoms. The summed E-state index contributed by atoms with van der Waals surface area (Å²) < 4.78 is 12.9. The van der Waals surface area contributed by atoms with Gasteiger partial charge in [0.05, 0.1) is 0 Å². The lowest BCUT2D eigenvalue weighted by atomic mass is 10.1. The Hall–Kier alpha value is -3.80. The van der Waals surface area contributed by atoms with Crippen molar-refractivity contribution in [1.29, 1.82) is 0 Å². The largest absolute Gasteiger partial charge is 0.479 e. The van der Waals surface area contributed by atoms with Crippen LogP contribution in [-0.2, 0) is 20.9 Å². The van der Waals surface area contributed by atoms with Crippen LogP contribution in [-0.4, -0.2) is 29.2 Å². The Balaban J connectivity index is 1.40. The molecule has 0 bridgehead atoms. The first-order valence-electron chi connectivity index (χ1n) is 10.3. The van der Waals surface area contributed by atoms with Gasteiger partial charge in [-0.3, -0.25) is 4.79 Å². The van der Waals surface area contributed by atoms with E-state index in [-0.39, 0.29) is 6.61 Å². The number of fused-ring (bicyclic) bond motifs is 3. The van der Waals surface area contributed by atoms with E-state index in [1.807, 2.05) is 48.5 Å². The number of ether oxygens (including phenoxy) is 2. The van der Waals surface area contributed by atoms with Gasteiger partial charge in [-0.2, -0.15) is 0 Å². The van der Waals surface area contributed by atoms with Gasteiger partial charge in [-0.05, 0) is 50.2 Å². The van der Waals surface area contributed by atoms with Crippen LogP contribution in [0.25, 0.3) is 21.8 Å². The van der Waals surface area contributed by atoms with E-state index in [1.54, 1.807) is 19.1 Å². The van der Waals surface area contributed by atoms with Gasteiger partial charge >= 0.3 is 5.97 Å². The van der Waals surface area contributed by atoms with E-state index in [0.717, 1.165) is 28.4 Å². The van der Waals surface area contributed by atoms with Gasteiger partial charge in [-0.15, -0.1) is 0 Å². The van der Waals surface area contributed by atoms with Crippen molar-refractivity contribution in [3.8, 4) is 5.75 Å². The Bertz CT molecular complexity index is 1230. The maximum atomic E-state index is 12.3. The zero-order valence-corrected chi connectivity index (χ0v) is 17.5. The zero-order valence-electron chi connectivity index (χ0n) is 17.5. The minimum absolute atomic E-state index is 0.379. The lowest BCUT2D eigenvalue weighted by Crippen LogP contribution is -2.29. The Morgan fingerprint density at radius 3 is 2.42 bits per heavy atom. The number of aryl methyl sites for hydroxylation is 1. The van der Waals surface area contributed by atoms with Crippen LogP contribution in [0.2, 0.25) is 0 Å². The minimum Gasteiger partial charge on any atom is -0.479 e. The number of para-hydroxylation sites is 2. The maximum Gasteiger partial charge on any atom is 0.347 e. The highest BCUT2D eigenvalue weighted by Crippen LogP contribution is 2.30. The number of aromatic nitrogens is 1. The molecule has 0 saturated carbocycles. The Morgan fingerprint density at radius 1 is 0.935 bits per heavy atom. The molecule has 1 N–H and O–H groups in total. The number of carbonyl (C=O) groups is 2. The van der Waals surface area contributed by atoms with Gasteiger partial charge < -0.3 is 19.4 Å². The molecule has 0 spiro atoms. The molecule has 0 saturated heterocycles. The molecule has 0 aliphatic carbocycles. The van der Waals surface area contributed by atoms with Gasteiger partial charge in [-0.25, -0.2) is 4.79 Å². The fourth-order valence-corrected chi connectivity index (χ4v) is 3.67. The van der Waals surface area contributed by atoms with E-state index in [9.17, 15) is 9.59 Å². The van der Waals surface area contributed by atoms with Crippen LogP contribution < -0.4 is 10.1 Å². The second-order valence-electron chi connectivity index (χ2n) is 7.22. The minimum atomic E-state index is -0.813. The molecule has 4 rings (SSSR count). The molecule has 0 radical (unpaired) electrons. The summed E-state index contributed by atoms with van der Waals surface area (Å²) in [4.78, 5) is 24.5. The molecule has 0 fully saturated rings. The van der Waals surface area contributed by atoms with Gasteiger partial charge in [-0.1, -0.05) is 36.4 Å². The Kier molecular flexibility index (Phi) is 5.89. The predicted molar refractivity (Wildman–Crippen MR) is 121 cm³/mol. The number of benzene rings is 3. The molecule has 31 heavy (non-hydrogen) atoms. The molecular weight excluding hydrogens is 392 g/mol. The number of esters is 1. The molecule has 158 valence electrons. The highest BCUT2D eigenvalue weighted by Gasteiger charge is 2.18. The SMILES string of the molecule is CCn1c2ccccc2c2cc(NC(=O)COC(=O)[C@@H](C)Oc3ccccc3)ccc21. The third-order valence-corrected chi connectivity index (χ3v) is 5.11. The highest BCUT2D eigenvalue weighted by molar-refractivity contribution is 6.09. The van der Waals surface area contributed by atoms with Crippen LogP contribution in [0, 0.1) is 0 Å². The van der Waals surface area contributed by atoms with Crippen LogP contribution >= 0.6 is 0 Å². The first-order chi connectivity index (χ1) is 15.1. The molecular formula is C25H24N2O4. The molecule has 1 amide bonds. The first-order valence-corrected chi connectivity index (χ1v) is 10.3. The summed E-state index contributed by atoms with van der Waals surface area (Å²) in [5, 5.41) is 5.00. The van der Waals surface area contributed by atoms with Gasteiger partial charge in [0.15, 0.2) is 12.7 Å². The maximum absolute atomic E-state index is 12.3. The van der Waals surface area contributed by atoms with Crippen LogP contribution in [0.5, 0.6) is 5.75 Å². The zero-order chi connectivity index (χ0) is 21.8. The third-order valence-electron chi connectivity index (χ3n) is 5.11. The Morgan fingerprint density at radius 2 is 1.65 bits per heavy atom. The van der Waals surface area contributed by atoms with E-state index in [0.29, 0.717) is 11.4 Å². The molecule has 1 aromatic heterocycles. The van der Waals surface area contributed by atoms with E-state index in [2.05, 4.69) is 28.9 Å². The topological polar surface area (TPSA) is 69.6 Å². The molecule has 1 heterocycles. The third kappa shape index (κ3) is 4.38. The van der Waals surface area contributed by atoms with Crippen LogP contribution in [0.1, 0.15) is 13.8 Å². The number of rotatable bonds is 7. The van der Waals surface area contributed by atoms with Gasteiger partial charge in [0.2, 0.25) is 0 Å². The normalized spacial score (nSPS) is 11.9. The van der Waals surface area contributed by atoms with Crippen LogP contribution in [0.3, 0.4) is 0 Å². The average Bonchev–Trinajstić information content (AvgIpc) is 3.11. The van der Waals surface area contributed by atoms with Crippen molar-refractivity contribution in [2.45, 2.75) is 26.5 Å². The highest BCUT2D eigenvalue weighted by atomic mass is 16.6. The summed E-state index contributed by atoms with van der Waals surface area (Å²) in [5.41, 5.74) is 2.92. The van der Waals surface area contributed by atoms with Crippen molar-refractivity contribution in [3.05, 3.63) is 72.8 Å². The molecule has 4 aromatic rings. The van der Waals surface area contributed by atoms with Gasteiger partial charge in [0.1, 0.15) is 5.75 Å². The van der Waals surface area contributed by atoms with E-state index in [4.69, 9.17) is 9.47 Å². The average molecular weight is 416 g/mol. The standard InChI is InChI=1S/C25H24N2O4/c1-3-27-22-12-8-7-11-20(22)21-15-18(13-14-23(21)27)26-24(28)16-30-25(29)17(2)31-19-9-5-4-6-10-19/h4-15,17H,3,16H2,1-2H3,(H,26,28)/t17-/m1/s1. The second-order valence-corrected chi connectivity index (χ2v) is 7.22. The molecule has 3 aromatic carbocycles. The van der Waals surface area contributed by atoms with E-state index in [1.165, 1.54) is 0 Å². The molecule has 0 aliphatic heterocycles. The molecule has 0 unspecified atom stereocenters. The lowest BCUT2D eigenvalue weighted by molar-refractivity contribution is -0.153. The molecule has 0 aliphatic rings. The monoisotopic (exact) mass is 416 g/mol. The molecule has 6 nitrogen and oxygen atoms in total. The van der Waals surface area contributed by atoms with E-state index >= 15 is 0 Å². The Labute approximate surface area is 180 Å². The number of hydrogen-bond acceptors (Lipinski definition) is 4. The van der Waals surface area contributed by atoms with Gasteiger partial charge in [0, 0.05) is 34.0 Å². The van der Waals surface area contributed by atoms with Crippen molar-refractivity contribution in [2.24, 2.45) is 0 Å². The fraction of sp³-hybridized carbons (Fsp3) is 0.200. The summed E-state index contributed by atoms with van der Waals surface area (Å²) in [6.07, 6.45) is -0.813. The van der Waals surface area contributed by atoms with Crippen molar-refractivity contribution < 1.29 is 19.1 Å². The van der Waals surface area contributed by atoms with Crippen molar-refractivity contribution in [2.75, 3.05) is 11.9 Å². The number of hydrogen-bond donors (Lipinski definition) is 1. The predicted octanol–water partition coefficient (Wildman–Crippen LogP) is 4.76. The van der Waals surface area contributed by atoms with Crippen molar-refractivity contribution in [1.82, 2.24) is 4.57 Å². The smallest absolute Gasteiger partial charge is 0.347 e. The van der Waals surface area contributed by atoms with Gasteiger partial charge in [0.25, 0.3) is 5.91 Å². The van der Waals surface area contributed by atoms with Crippen LogP contribution in [0.4, 0.5) is 5.69 Å². The molecule has 1 atom stereocenters. The lowest BCUT2D eigenvalue weighted by Gasteiger charge is -2.14. The van der Waals surface area contributed by atoms with Crippen molar-refractivity contribution >= 4 is 39.4 Å². The summed E-state index contributed by atoms with van der Waals surface area (Å²) >= 11 is 0. The quantitative estimate of drug-likeness (QED) is 0.441. The number of nitrogens with one attached hydrogen (secondary N) is 1. The van der Waals surface area contributed by atoms with Crippen molar-refractivity contribution in [3.63, 3.8) is 0 Å². The summed E-state index contributed by atoms with van der Waals surface area (Å²) in [5.74, 6) is -0.435.